The van der Waals surface area contributed by atoms with Gasteiger partial charge in [-0.25, -0.2) is 4.98 Å². The van der Waals surface area contributed by atoms with E-state index in [1.54, 1.807) is 6.07 Å². The zero-order valence-corrected chi connectivity index (χ0v) is 15.8. The molecule has 27 heavy (non-hydrogen) atoms. The molecule has 0 bridgehead atoms. The smallest absolute Gasteiger partial charge is 0.276 e. The standard InChI is InChI=1S/C18H21N7O.ClH/c1-12-20-17(23-22-12)13-4-2-5-14(10-13)21-18(26)16-7-9-25(24-16)15-6-3-8-19-11-15;/h2,4-5,7,9-10,15,19H,3,6,8,11H2,1H3,(H,21,26)(H,20,22,23);1H. The van der Waals surface area contributed by atoms with Crippen LogP contribution in [0.25, 0.3) is 11.4 Å². The Morgan fingerprint density at radius 2 is 2.22 bits per heavy atom. The number of aryl methyl sites for hydroxylation is 1. The Labute approximate surface area is 163 Å². The van der Waals surface area contributed by atoms with Crippen LogP contribution in [0.15, 0.2) is 36.5 Å². The van der Waals surface area contributed by atoms with Crippen molar-refractivity contribution in [1.82, 2.24) is 30.3 Å². The van der Waals surface area contributed by atoms with Crippen LogP contribution < -0.4 is 10.6 Å². The maximum atomic E-state index is 12.5. The highest BCUT2D eigenvalue weighted by molar-refractivity contribution is 6.03. The van der Waals surface area contributed by atoms with E-state index in [1.807, 2.05) is 42.1 Å². The molecule has 142 valence electrons. The molecule has 3 heterocycles. The number of carbonyl (C=O) groups excluding carboxylic acids is 1. The van der Waals surface area contributed by atoms with Gasteiger partial charge in [0.1, 0.15) is 5.82 Å². The molecule has 3 N–H and O–H groups in total. The second-order valence-corrected chi connectivity index (χ2v) is 6.46. The lowest BCUT2D eigenvalue weighted by atomic mass is 10.1. The van der Waals surface area contributed by atoms with Crippen LogP contribution in [0, 0.1) is 6.92 Å². The first kappa shape index (κ1) is 19.1. The summed E-state index contributed by atoms with van der Waals surface area (Å²) in [4.78, 5) is 16.8. The van der Waals surface area contributed by atoms with Crippen LogP contribution in [-0.2, 0) is 0 Å². The predicted octanol–water partition coefficient (Wildman–Crippen LogP) is 2.58. The fraction of sp³-hybridized carbons (Fsp3) is 0.333. The van der Waals surface area contributed by atoms with Gasteiger partial charge in [0.2, 0.25) is 0 Å². The number of amides is 1. The number of nitrogens with one attached hydrogen (secondary N) is 3. The molecule has 1 amide bonds. The largest absolute Gasteiger partial charge is 0.321 e. The lowest BCUT2D eigenvalue weighted by molar-refractivity contribution is 0.102. The fourth-order valence-electron chi connectivity index (χ4n) is 3.12. The van der Waals surface area contributed by atoms with Gasteiger partial charge >= 0.3 is 0 Å². The molecule has 3 aromatic rings. The van der Waals surface area contributed by atoms with Gasteiger partial charge in [-0.1, -0.05) is 12.1 Å². The summed E-state index contributed by atoms with van der Waals surface area (Å²) in [6.07, 6.45) is 4.08. The summed E-state index contributed by atoms with van der Waals surface area (Å²) in [5.41, 5.74) is 1.93. The van der Waals surface area contributed by atoms with Crippen molar-refractivity contribution in [2.24, 2.45) is 0 Å². The van der Waals surface area contributed by atoms with Crippen molar-refractivity contribution in [3.05, 3.63) is 48.0 Å². The minimum absolute atomic E-state index is 0. The van der Waals surface area contributed by atoms with Crippen molar-refractivity contribution in [1.29, 1.82) is 0 Å². The average molecular weight is 388 g/mol. The van der Waals surface area contributed by atoms with Gasteiger partial charge in [0, 0.05) is 24.0 Å². The second-order valence-electron chi connectivity index (χ2n) is 6.46. The number of aromatic amines is 1. The maximum Gasteiger partial charge on any atom is 0.276 e. The SMILES string of the molecule is Cc1nc(-c2cccc(NC(=O)c3ccn(C4CCCNC4)n3)c2)n[nH]1.Cl. The van der Waals surface area contributed by atoms with E-state index in [0.717, 1.165) is 37.3 Å². The van der Waals surface area contributed by atoms with E-state index in [2.05, 4.69) is 30.9 Å². The summed E-state index contributed by atoms with van der Waals surface area (Å²) in [6.45, 7) is 3.78. The molecular formula is C18H22ClN7O. The summed E-state index contributed by atoms with van der Waals surface area (Å²) in [7, 11) is 0. The first-order valence-electron chi connectivity index (χ1n) is 8.76. The lowest BCUT2D eigenvalue weighted by Gasteiger charge is -2.22. The van der Waals surface area contributed by atoms with Crippen LogP contribution in [0.2, 0.25) is 0 Å². The van der Waals surface area contributed by atoms with Crippen LogP contribution in [0.5, 0.6) is 0 Å². The molecule has 1 fully saturated rings. The van der Waals surface area contributed by atoms with Gasteiger partial charge in [-0.15, -0.1) is 12.4 Å². The molecule has 9 heteroatoms. The Morgan fingerprint density at radius 1 is 1.33 bits per heavy atom. The van der Waals surface area contributed by atoms with E-state index in [0.29, 0.717) is 23.2 Å². The third-order valence-electron chi connectivity index (χ3n) is 4.46. The van der Waals surface area contributed by atoms with Gasteiger partial charge in [0.25, 0.3) is 5.91 Å². The molecule has 1 aromatic carbocycles. The van der Waals surface area contributed by atoms with Gasteiger partial charge in [0.15, 0.2) is 11.5 Å². The van der Waals surface area contributed by atoms with Gasteiger partial charge in [-0.3, -0.25) is 14.6 Å². The van der Waals surface area contributed by atoms with Gasteiger partial charge < -0.3 is 10.6 Å². The number of aromatic nitrogens is 5. The van der Waals surface area contributed by atoms with E-state index in [1.165, 1.54) is 0 Å². The topological polar surface area (TPSA) is 101 Å². The summed E-state index contributed by atoms with van der Waals surface area (Å²) < 4.78 is 1.88. The Kier molecular flexibility index (Phi) is 5.88. The summed E-state index contributed by atoms with van der Waals surface area (Å²) in [5, 5.41) is 17.7. The van der Waals surface area contributed by atoms with Gasteiger partial charge in [-0.2, -0.15) is 10.2 Å². The molecular weight excluding hydrogens is 366 g/mol. The molecule has 0 aliphatic carbocycles. The van der Waals surface area contributed by atoms with Gasteiger partial charge in [0.05, 0.1) is 6.04 Å². The number of H-pyrrole nitrogens is 1. The van der Waals surface area contributed by atoms with Crippen molar-refractivity contribution >= 4 is 24.0 Å². The molecule has 1 aliphatic heterocycles. The number of piperidine rings is 1. The normalized spacial score (nSPS) is 16.6. The van der Waals surface area contributed by atoms with Crippen LogP contribution in [0.4, 0.5) is 5.69 Å². The maximum absolute atomic E-state index is 12.5. The van der Waals surface area contributed by atoms with Crippen molar-refractivity contribution in [2.45, 2.75) is 25.8 Å². The number of hydrogen-bond acceptors (Lipinski definition) is 5. The Balaban J connectivity index is 0.00000210. The van der Waals surface area contributed by atoms with Crippen LogP contribution >= 0.6 is 12.4 Å². The highest BCUT2D eigenvalue weighted by Gasteiger charge is 2.18. The Bertz CT molecular complexity index is 914. The van der Waals surface area contributed by atoms with E-state index < -0.39 is 0 Å². The van der Waals surface area contributed by atoms with Crippen LogP contribution in [0.1, 0.15) is 35.2 Å². The Morgan fingerprint density at radius 3 is 2.96 bits per heavy atom. The number of carbonyl (C=O) groups is 1. The van der Waals surface area contributed by atoms with E-state index in [-0.39, 0.29) is 18.3 Å². The highest BCUT2D eigenvalue weighted by Crippen LogP contribution is 2.20. The second kappa shape index (κ2) is 8.32. The third-order valence-corrected chi connectivity index (χ3v) is 4.46. The quantitative estimate of drug-likeness (QED) is 0.638. The number of halogens is 1. The number of benzene rings is 1. The molecule has 1 saturated heterocycles. The lowest BCUT2D eigenvalue weighted by Crippen LogP contribution is -2.32. The molecule has 8 nitrogen and oxygen atoms in total. The minimum atomic E-state index is -0.226. The molecule has 1 aliphatic rings. The Hall–Kier alpha value is -2.71. The summed E-state index contributed by atoms with van der Waals surface area (Å²) in [6, 6.07) is 9.52. The van der Waals surface area contributed by atoms with Crippen molar-refractivity contribution in [3.8, 4) is 11.4 Å². The van der Waals surface area contributed by atoms with E-state index >= 15 is 0 Å². The molecule has 0 spiro atoms. The zero-order valence-electron chi connectivity index (χ0n) is 15.0. The molecule has 1 unspecified atom stereocenters. The van der Waals surface area contributed by atoms with Crippen molar-refractivity contribution < 1.29 is 4.79 Å². The van der Waals surface area contributed by atoms with E-state index in [4.69, 9.17) is 0 Å². The highest BCUT2D eigenvalue weighted by atomic mass is 35.5. The van der Waals surface area contributed by atoms with Crippen molar-refractivity contribution in [3.63, 3.8) is 0 Å². The molecule has 0 saturated carbocycles. The monoisotopic (exact) mass is 387 g/mol. The molecule has 0 radical (unpaired) electrons. The number of anilines is 1. The fourth-order valence-corrected chi connectivity index (χ4v) is 3.12. The number of hydrogen-bond donors (Lipinski definition) is 3. The summed E-state index contributed by atoms with van der Waals surface area (Å²) in [5.74, 6) is 1.13. The van der Waals surface area contributed by atoms with Crippen molar-refractivity contribution in [2.75, 3.05) is 18.4 Å². The van der Waals surface area contributed by atoms with E-state index in [9.17, 15) is 4.79 Å². The van der Waals surface area contributed by atoms with Crippen LogP contribution in [0.3, 0.4) is 0 Å². The summed E-state index contributed by atoms with van der Waals surface area (Å²) >= 11 is 0. The van der Waals surface area contributed by atoms with Gasteiger partial charge in [-0.05, 0) is 44.5 Å². The molecule has 4 rings (SSSR count). The average Bonchev–Trinajstić information content (AvgIpc) is 3.32. The molecule has 1 atom stereocenters. The first-order chi connectivity index (χ1) is 12.7. The van der Waals surface area contributed by atoms with Crippen LogP contribution in [-0.4, -0.2) is 44.0 Å². The first-order valence-corrected chi connectivity index (χ1v) is 8.76. The minimum Gasteiger partial charge on any atom is -0.321 e. The molecule has 2 aromatic heterocycles. The number of nitrogens with zero attached hydrogens (tertiary/aromatic N) is 4. The third kappa shape index (κ3) is 4.35. The number of rotatable bonds is 4. The predicted molar refractivity (Wildman–Crippen MR) is 105 cm³/mol. The zero-order chi connectivity index (χ0) is 17.9.